The van der Waals surface area contributed by atoms with E-state index in [0.717, 1.165) is 44.9 Å². The minimum atomic E-state index is -0.722. The number of aryl methyl sites for hydroxylation is 1. The van der Waals surface area contributed by atoms with Gasteiger partial charge in [-0.3, -0.25) is 9.59 Å². The zero-order chi connectivity index (χ0) is 17.4. The molecule has 2 rings (SSSR count). The first-order valence-corrected chi connectivity index (χ1v) is 8.90. The van der Waals surface area contributed by atoms with Crippen molar-refractivity contribution in [2.24, 2.45) is 11.7 Å². The van der Waals surface area contributed by atoms with E-state index in [1.807, 2.05) is 24.3 Å². The number of carbonyl (C=O) groups is 2. The highest BCUT2D eigenvalue weighted by Crippen LogP contribution is 2.28. The summed E-state index contributed by atoms with van der Waals surface area (Å²) in [4.78, 5) is 23.0. The third-order valence-electron chi connectivity index (χ3n) is 4.83. The molecule has 0 heterocycles. The van der Waals surface area contributed by atoms with Crippen LogP contribution in [0.25, 0.3) is 0 Å². The van der Waals surface area contributed by atoms with Crippen LogP contribution in [0.2, 0.25) is 0 Å². The van der Waals surface area contributed by atoms with Crippen LogP contribution in [-0.2, 0) is 11.2 Å². The van der Waals surface area contributed by atoms with Gasteiger partial charge in [0.1, 0.15) is 0 Å². The maximum absolute atomic E-state index is 12.3. The molecule has 4 N–H and O–H groups in total. The molecule has 1 aromatic rings. The van der Waals surface area contributed by atoms with Gasteiger partial charge in [-0.2, -0.15) is 0 Å². The Balaban J connectivity index is 0.00000312. The molecular weight excluding hydrogens is 340 g/mol. The molecule has 0 bridgehead atoms. The van der Waals surface area contributed by atoms with Crippen LogP contribution < -0.4 is 11.1 Å². The van der Waals surface area contributed by atoms with Crippen LogP contribution in [-0.4, -0.2) is 29.6 Å². The Morgan fingerprint density at radius 2 is 1.76 bits per heavy atom. The predicted octanol–water partition coefficient (Wildman–Crippen LogP) is 3.15. The van der Waals surface area contributed by atoms with E-state index >= 15 is 0 Å². The van der Waals surface area contributed by atoms with E-state index in [-0.39, 0.29) is 30.8 Å². The average Bonchev–Trinajstić information content (AvgIpc) is 2.59. The molecule has 0 unspecified atom stereocenters. The third kappa shape index (κ3) is 7.45. The Bertz CT molecular complexity index is 540. The standard InChI is InChI=1S/C19H28N2O3.ClH/c20-13-1-2-14-3-8-16(9-4-14)19(24)21-17-10-5-15(6-11-17)7-12-18(22)23;/h3-4,8-9,15,17H,1-2,5-7,10-13,20H2,(H,21,24)(H,22,23);1H/t15-,17-;. The molecule has 0 aromatic heterocycles. The molecule has 1 saturated carbocycles. The van der Waals surface area contributed by atoms with Gasteiger partial charge in [-0.1, -0.05) is 12.1 Å². The largest absolute Gasteiger partial charge is 0.481 e. The van der Waals surface area contributed by atoms with Gasteiger partial charge < -0.3 is 16.2 Å². The number of carbonyl (C=O) groups excluding carboxylic acids is 1. The Morgan fingerprint density at radius 1 is 1.12 bits per heavy atom. The molecule has 6 heteroatoms. The van der Waals surface area contributed by atoms with E-state index in [4.69, 9.17) is 10.8 Å². The van der Waals surface area contributed by atoms with Gasteiger partial charge in [-0.15, -0.1) is 12.4 Å². The van der Waals surface area contributed by atoms with Gasteiger partial charge >= 0.3 is 5.97 Å². The van der Waals surface area contributed by atoms with Crippen LogP contribution in [0.3, 0.4) is 0 Å². The van der Waals surface area contributed by atoms with Crippen molar-refractivity contribution in [1.29, 1.82) is 0 Å². The van der Waals surface area contributed by atoms with Crippen molar-refractivity contribution in [2.75, 3.05) is 6.54 Å². The Labute approximate surface area is 155 Å². The van der Waals surface area contributed by atoms with E-state index in [1.54, 1.807) is 0 Å². The van der Waals surface area contributed by atoms with Crippen LogP contribution in [0, 0.1) is 5.92 Å². The second kappa shape index (κ2) is 11.1. The van der Waals surface area contributed by atoms with Crippen molar-refractivity contribution in [3.05, 3.63) is 35.4 Å². The van der Waals surface area contributed by atoms with E-state index in [1.165, 1.54) is 5.56 Å². The number of nitrogens with one attached hydrogen (secondary N) is 1. The summed E-state index contributed by atoms with van der Waals surface area (Å²) in [5, 5.41) is 11.9. The molecule has 0 saturated heterocycles. The maximum Gasteiger partial charge on any atom is 0.303 e. The topological polar surface area (TPSA) is 92.4 Å². The molecule has 0 radical (unpaired) electrons. The number of halogens is 1. The monoisotopic (exact) mass is 368 g/mol. The summed E-state index contributed by atoms with van der Waals surface area (Å²) >= 11 is 0. The van der Waals surface area contributed by atoms with Gasteiger partial charge in [-0.05, 0) is 75.1 Å². The quantitative estimate of drug-likeness (QED) is 0.657. The van der Waals surface area contributed by atoms with Crippen molar-refractivity contribution >= 4 is 24.3 Å². The fraction of sp³-hybridized carbons (Fsp3) is 0.579. The van der Waals surface area contributed by atoms with Crippen molar-refractivity contribution < 1.29 is 14.7 Å². The summed E-state index contributed by atoms with van der Waals surface area (Å²) in [5.41, 5.74) is 7.41. The lowest BCUT2D eigenvalue weighted by molar-refractivity contribution is -0.137. The molecule has 140 valence electrons. The van der Waals surface area contributed by atoms with E-state index in [9.17, 15) is 9.59 Å². The van der Waals surface area contributed by atoms with E-state index in [2.05, 4.69) is 5.32 Å². The minimum Gasteiger partial charge on any atom is -0.481 e. The highest BCUT2D eigenvalue weighted by molar-refractivity contribution is 5.94. The first-order chi connectivity index (χ1) is 11.6. The van der Waals surface area contributed by atoms with Crippen molar-refractivity contribution in [1.82, 2.24) is 5.32 Å². The summed E-state index contributed by atoms with van der Waals surface area (Å²) < 4.78 is 0. The second-order valence-corrected chi connectivity index (χ2v) is 6.71. The maximum atomic E-state index is 12.3. The van der Waals surface area contributed by atoms with Crippen molar-refractivity contribution in [3.8, 4) is 0 Å². The van der Waals surface area contributed by atoms with Gasteiger partial charge in [0.15, 0.2) is 0 Å². The fourth-order valence-corrected chi connectivity index (χ4v) is 3.32. The number of aliphatic carboxylic acids is 1. The molecule has 1 aliphatic carbocycles. The molecular formula is C19H29ClN2O3. The van der Waals surface area contributed by atoms with Gasteiger partial charge in [0, 0.05) is 18.0 Å². The first kappa shape index (κ1) is 21.5. The minimum absolute atomic E-state index is 0. The molecule has 25 heavy (non-hydrogen) atoms. The Kier molecular flexibility index (Phi) is 9.53. The average molecular weight is 369 g/mol. The molecule has 1 aliphatic rings. The molecule has 1 fully saturated rings. The normalized spacial score (nSPS) is 19.7. The Hall–Kier alpha value is -1.59. The lowest BCUT2D eigenvalue weighted by atomic mass is 9.83. The zero-order valence-corrected chi connectivity index (χ0v) is 15.4. The van der Waals surface area contributed by atoms with Crippen LogP contribution >= 0.6 is 12.4 Å². The number of carboxylic acids is 1. The number of carboxylic acid groups (broad SMARTS) is 1. The number of hydrogen-bond acceptors (Lipinski definition) is 3. The van der Waals surface area contributed by atoms with Crippen molar-refractivity contribution in [2.45, 2.75) is 57.4 Å². The molecule has 0 aliphatic heterocycles. The highest BCUT2D eigenvalue weighted by Gasteiger charge is 2.23. The van der Waals surface area contributed by atoms with Crippen LogP contribution in [0.5, 0.6) is 0 Å². The summed E-state index contributed by atoms with van der Waals surface area (Å²) in [7, 11) is 0. The number of amides is 1. The molecule has 5 nitrogen and oxygen atoms in total. The van der Waals surface area contributed by atoms with Crippen LogP contribution in [0.15, 0.2) is 24.3 Å². The first-order valence-electron chi connectivity index (χ1n) is 8.90. The van der Waals surface area contributed by atoms with Crippen LogP contribution in [0.4, 0.5) is 0 Å². The number of nitrogens with two attached hydrogens (primary N) is 1. The zero-order valence-electron chi connectivity index (χ0n) is 14.6. The molecule has 1 aromatic carbocycles. The van der Waals surface area contributed by atoms with E-state index < -0.39 is 5.97 Å². The summed E-state index contributed by atoms with van der Waals surface area (Å²) in [6, 6.07) is 7.94. The molecule has 1 amide bonds. The summed E-state index contributed by atoms with van der Waals surface area (Å²) in [6.07, 6.45) is 6.76. The number of benzene rings is 1. The van der Waals surface area contributed by atoms with Gasteiger partial charge in [-0.25, -0.2) is 0 Å². The SMILES string of the molecule is Cl.NCCCc1ccc(C(=O)N[C@H]2CC[C@H](CCC(=O)O)CC2)cc1. The summed E-state index contributed by atoms with van der Waals surface area (Å²) in [5.74, 6) is -0.259. The number of hydrogen-bond donors (Lipinski definition) is 3. The second-order valence-electron chi connectivity index (χ2n) is 6.71. The predicted molar refractivity (Wildman–Crippen MR) is 101 cm³/mol. The fourth-order valence-electron chi connectivity index (χ4n) is 3.32. The van der Waals surface area contributed by atoms with Crippen LogP contribution in [0.1, 0.15) is 60.9 Å². The molecule has 0 spiro atoms. The van der Waals surface area contributed by atoms with Crippen molar-refractivity contribution in [3.63, 3.8) is 0 Å². The van der Waals surface area contributed by atoms with E-state index in [0.29, 0.717) is 18.0 Å². The summed E-state index contributed by atoms with van der Waals surface area (Å²) in [6.45, 7) is 0.678. The van der Waals surface area contributed by atoms with Gasteiger partial charge in [0.05, 0.1) is 0 Å². The third-order valence-corrected chi connectivity index (χ3v) is 4.83. The smallest absolute Gasteiger partial charge is 0.303 e. The highest BCUT2D eigenvalue weighted by atomic mass is 35.5. The van der Waals surface area contributed by atoms with Gasteiger partial charge in [0.2, 0.25) is 0 Å². The number of rotatable bonds is 8. The lowest BCUT2D eigenvalue weighted by Crippen LogP contribution is -2.37. The molecule has 0 atom stereocenters. The lowest BCUT2D eigenvalue weighted by Gasteiger charge is -2.28. The Morgan fingerprint density at radius 3 is 2.32 bits per heavy atom. The van der Waals surface area contributed by atoms with Gasteiger partial charge in [0.25, 0.3) is 5.91 Å².